The van der Waals surface area contributed by atoms with Crippen molar-refractivity contribution in [2.24, 2.45) is 5.92 Å². The van der Waals surface area contributed by atoms with Crippen LogP contribution in [0.2, 0.25) is 0 Å². The molecule has 0 spiro atoms. The number of nitrogens with zero attached hydrogens (tertiary/aromatic N) is 2. The molecule has 0 bridgehead atoms. The molecule has 3 heteroatoms. The van der Waals surface area contributed by atoms with E-state index in [1.165, 1.54) is 27.8 Å². The molecule has 2 heterocycles. The van der Waals surface area contributed by atoms with Gasteiger partial charge >= 0.3 is 0 Å². The zero-order valence-corrected chi connectivity index (χ0v) is 18.7. The Balaban J connectivity index is 1.51. The van der Waals surface area contributed by atoms with E-state index in [2.05, 4.69) is 62.6 Å². The fraction of sp³-hybridized carbons (Fsp3) is 0.538. The van der Waals surface area contributed by atoms with Gasteiger partial charge in [0, 0.05) is 38.8 Å². The zero-order valence-electron chi connectivity index (χ0n) is 18.7. The molecule has 2 aliphatic rings. The molecule has 3 nitrogen and oxygen atoms in total. The fourth-order valence-corrected chi connectivity index (χ4v) is 5.47. The van der Waals surface area contributed by atoms with Gasteiger partial charge in [0.2, 0.25) is 0 Å². The summed E-state index contributed by atoms with van der Waals surface area (Å²) in [6.45, 7) is 17.1. The lowest BCUT2D eigenvalue weighted by Crippen LogP contribution is -2.60. The summed E-state index contributed by atoms with van der Waals surface area (Å²) in [5, 5.41) is 10.0. The summed E-state index contributed by atoms with van der Waals surface area (Å²) in [6.07, 6.45) is 1.15. The number of hydrogen-bond acceptors (Lipinski definition) is 3. The van der Waals surface area contributed by atoms with Crippen molar-refractivity contribution in [1.82, 2.24) is 9.80 Å². The van der Waals surface area contributed by atoms with Crippen molar-refractivity contribution in [3.05, 3.63) is 64.2 Å². The summed E-state index contributed by atoms with van der Waals surface area (Å²) in [6, 6.07) is 13.2. The maximum absolute atomic E-state index is 10.0. The van der Waals surface area contributed by atoms with Crippen molar-refractivity contribution >= 4 is 0 Å². The third kappa shape index (κ3) is 3.95. The van der Waals surface area contributed by atoms with Gasteiger partial charge in [-0.25, -0.2) is 0 Å². The molecule has 0 radical (unpaired) electrons. The number of rotatable bonds is 3. The lowest BCUT2D eigenvalue weighted by molar-refractivity contribution is -0.00562. The first-order valence-corrected chi connectivity index (χ1v) is 11.1. The van der Waals surface area contributed by atoms with Crippen LogP contribution in [0.5, 0.6) is 5.75 Å². The van der Waals surface area contributed by atoms with Crippen LogP contribution in [0, 0.1) is 26.7 Å². The molecule has 2 fully saturated rings. The molecule has 2 aliphatic heterocycles. The zero-order chi connectivity index (χ0) is 20.8. The Morgan fingerprint density at radius 3 is 2.52 bits per heavy atom. The molecular weight excluding hydrogens is 356 g/mol. The Bertz CT molecular complexity index is 892. The SMILES string of the molecule is Cc1cc(C)c(CN2CCN3C[C@H](C)[C@](C)(c4cccc(O)c4)C[C@@H]3C2)cc1C. The van der Waals surface area contributed by atoms with Crippen molar-refractivity contribution in [3.8, 4) is 5.75 Å². The third-order valence-electron chi connectivity index (χ3n) is 7.80. The van der Waals surface area contributed by atoms with Gasteiger partial charge in [-0.3, -0.25) is 9.80 Å². The number of hydrogen-bond donors (Lipinski definition) is 1. The van der Waals surface area contributed by atoms with E-state index in [-0.39, 0.29) is 5.41 Å². The van der Waals surface area contributed by atoms with Crippen LogP contribution >= 0.6 is 0 Å². The van der Waals surface area contributed by atoms with Crippen molar-refractivity contribution in [3.63, 3.8) is 0 Å². The lowest BCUT2D eigenvalue weighted by atomic mass is 9.65. The normalized spacial score (nSPS) is 28.3. The highest BCUT2D eigenvalue weighted by molar-refractivity contribution is 5.37. The summed E-state index contributed by atoms with van der Waals surface area (Å²) in [7, 11) is 0. The van der Waals surface area contributed by atoms with Crippen molar-refractivity contribution < 1.29 is 5.11 Å². The van der Waals surface area contributed by atoms with Crippen molar-refractivity contribution in [2.75, 3.05) is 26.2 Å². The van der Waals surface area contributed by atoms with Gasteiger partial charge in [0.1, 0.15) is 5.75 Å². The number of aromatic hydroxyl groups is 1. The average Bonchev–Trinajstić information content (AvgIpc) is 2.67. The van der Waals surface area contributed by atoms with Crippen LogP contribution in [0.4, 0.5) is 0 Å². The predicted octanol–water partition coefficient (Wildman–Crippen LogP) is 4.80. The second-order valence-corrected chi connectivity index (χ2v) is 9.82. The van der Waals surface area contributed by atoms with E-state index in [9.17, 15) is 5.11 Å². The smallest absolute Gasteiger partial charge is 0.115 e. The highest BCUT2D eigenvalue weighted by Crippen LogP contribution is 2.43. The van der Waals surface area contributed by atoms with Crippen LogP contribution in [0.15, 0.2) is 36.4 Å². The number of fused-ring (bicyclic) bond motifs is 1. The summed E-state index contributed by atoms with van der Waals surface area (Å²) in [5.74, 6) is 0.961. The van der Waals surface area contributed by atoms with Crippen LogP contribution in [0.3, 0.4) is 0 Å². The second kappa shape index (κ2) is 7.77. The largest absolute Gasteiger partial charge is 0.508 e. The molecule has 0 amide bonds. The van der Waals surface area contributed by atoms with Gasteiger partial charge in [-0.15, -0.1) is 0 Å². The van der Waals surface area contributed by atoms with Gasteiger partial charge in [-0.05, 0) is 78.5 Å². The van der Waals surface area contributed by atoms with Crippen LogP contribution in [-0.4, -0.2) is 47.1 Å². The first-order valence-electron chi connectivity index (χ1n) is 11.1. The number of piperazine rings is 1. The molecule has 0 aromatic heterocycles. The summed E-state index contributed by atoms with van der Waals surface area (Å²) in [5.41, 5.74) is 7.07. The minimum absolute atomic E-state index is 0.110. The van der Waals surface area contributed by atoms with E-state index in [4.69, 9.17) is 0 Å². The van der Waals surface area contributed by atoms with E-state index in [0.29, 0.717) is 17.7 Å². The van der Waals surface area contributed by atoms with Crippen LogP contribution in [0.1, 0.15) is 48.1 Å². The van der Waals surface area contributed by atoms with E-state index >= 15 is 0 Å². The molecule has 0 saturated carbocycles. The van der Waals surface area contributed by atoms with Gasteiger partial charge < -0.3 is 5.11 Å². The highest BCUT2D eigenvalue weighted by Gasteiger charge is 2.44. The van der Waals surface area contributed by atoms with Crippen LogP contribution < -0.4 is 0 Å². The summed E-state index contributed by atoms with van der Waals surface area (Å²) in [4.78, 5) is 5.36. The Labute approximate surface area is 176 Å². The number of piperidine rings is 1. The standard InChI is InChI=1S/C26H36N2O/c1-18-11-20(3)22(12-19(18)2)16-27-9-10-28-15-21(4)26(5,14-24(28)17-27)23-7-6-8-25(29)13-23/h6-8,11-13,21,24,29H,9-10,14-17H2,1-5H3/t21-,24+,26+/m0/s1. The summed E-state index contributed by atoms with van der Waals surface area (Å²) < 4.78 is 0. The minimum atomic E-state index is 0.110. The highest BCUT2D eigenvalue weighted by atomic mass is 16.3. The van der Waals surface area contributed by atoms with Gasteiger partial charge in [-0.1, -0.05) is 38.1 Å². The second-order valence-electron chi connectivity index (χ2n) is 9.82. The number of phenols is 1. The Morgan fingerprint density at radius 2 is 1.76 bits per heavy atom. The van der Waals surface area contributed by atoms with Gasteiger partial charge in [0.15, 0.2) is 0 Å². The lowest BCUT2D eigenvalue weighted by Gasteiger charge is -2.53. The molecular formula is C26H36N2O. The first-order chi connectivity index (χ1) is 13.8. The van der Waals surface area contributed by atoms with Gasteiger partial charge in [0.25, 0.3) is 0 Å². The molecule has 29 heavy (non-hydrogen) atoms. The Hall–Kier alpha value is -1.84. The molecule has 156 valence electrons. The minimum Gasteiger partial charge on any atom is -0.508 e. The number of aryl methyl sites for hydroxylation is 3. The van der Waals surface area contributed by atoms with Crippen molar-refractivity contribution in [2.45, 2.75) is 59.0 Å². The van der Waals surface area contributed by atoms with Crippen LogP contribution in [-0.2, 0) is 12.0 Å². The van der Waals surface area contributed by atoms with Crippen LogP contribution in [0.25, 0.3) is 0 Å². The predicted molar refractivity (Wildman–Crippen MR) is 121 cm³/mol. The molecule has 3 atom stereocenters. The summed E-state index contributed by atoms with van der Waals surface area (Å²) >= 11 is 0. The van der Waals surface area contributed by atoms with E-state index in [1.807, 2.05) is 12.1 Å². The fourth-order valence-electron chi connectivity index (χ4n) is 5.47. The van der Waals surface area contributed by atoms with E-state index in [0.717, 1.165) is 39.1 Å². The molecule has 0 aliphatic carbocycles. The number of benzene rings is 2. The maximum atomic E-state index is 10.0. The van der Waals surface area contributed by atoms with E-state index < -0.39 is 0 Å². The maximum Gasteiger partial charge on any atom is 0.115 e. The average molecular weight is 393 g/mol. The molecule has 2 saturated heterocycles. The molecule has 2 aromatic carbocycles. The topological polar surface area (TPSA) is 26.7 Å². The molecule has 2 aromatic rings. The third-order valence-corrected chi connectivity index (χ3v) is 7.80. The van der Waals surface area contributed by atoms with Gasteiger partial charge in [0.05, 0.1) is 0 Å². The Kier molecular flexibility index (Phi) is 5.48. The number of phenolic OH excluding ortho intramolecular Hbond substituents is 1. The first kappa shape index (κ1) is 20.4. The van der Waals surface area contributed by atoms with E-state index in [1.54, 1.807) is 6.07 Å². The monoisotopic (exact) mass is 392 g/mol. The quantitative estimate of drug-likeness (QED) is 0.813. The molecule has 1 N–H and O–H groups in total. The molecule has 0 unspecified atom stereocenters. The van der Waals surface area contributed by atoms with Gasteiger partial charge in [-0.2, -0.15) is 0 Å². The molecule has 4 rings (SSSR count). The Morgan fingerprint density at radius 1 is 1.00 bits per heavy atom. The van der Waals surface area contributed by atoms with Crippen molar-refractivity contribution in [1.29, 1.82) is 0 Å².